The highest BCUT2D eigenvalue weighted by Gasteiger charge is 2.04. The van der Waals surface area contributed by atoms with Crippen LogP contribution in [0, 0.1) is 5.82 Å². The quantitative estimate of drug-likeness (QED) is 0.622. The molecule has 3 aromatic rings. The maximum atomic E-state index is 13.0. The van der Waals surface area contributed by atoms with E-state index in [1.54, 1.807) is 23.0 Å². The molecule has 0 atom stereocenters. The fourth-order valence-electron chi connectivity index (χ4n) is 2.54. The molecule has 0 spiro atoms. The van der Waals surface area contributed by atoms with Gasteiger partial charge in [0.2, 0.25) is 0 Å². The van der Waals surface area contributed by atoms with Gasteiger partial charge >= 0.3 is 0 Å². The summed E-state index contributed by atoms with van der Waals surface area (Å²) in [5, 5.41) is 11.1. The lowest BCUT2D eigenvalue weighted by molar-refractivity contribution is 0.624. The second-order valence-electron chi connectivity index (χ2n) is 6.41. The van der Waals surface area contributed by atoms with Crippen molar-refractivity contribution in [3.63, 3.8) is 0 Å². The molecule has 4 nitrogen and oxygen atoms in total. The van der Waals surface area contributed by atoms with E-state index in [1.807, 2.05) is 18.3 Å². The molecule has 0 fully saturated rings. The van der Waals surface area contributed by atoms with Gasteiger partial charge in [0.15, 0.2) is 5.11 Å². The highest BCUT2D eigenvalue weighted by atomic mass is 32.1. The summed E-state index contributed by atoms with van der Waals surface area (Å²) < 4.78 is 14.7. The van der Waals surface area contributed by atoms with Crippen molar-refractivity contribution in [1.82, 2.24) is 9.78 Å². The van der Waals surface area contributed by atoms with E-state index >= 15 is 0 Å². The van der Waals surface area contributed by atoms with Crippen molar-refractivity contribution < 1.29 is 4.39 Å². The molecule has 1 heterocycles. The second-order valence-corrected chi connectivity index (χ2v) is 6.82. The van der Waals surface area contributed by atoms with E-state index in [9.17, 15) is 4.39 Å². The Morgan fingerprint density at radius 1 is 1.04 bits per heavy atom. The minimum absolute atomic E-state index is 0.241. The first-order valence-corrected chi connectivity index (χ1v) is 8.85. The lowest BCUT2D eigenvalue weighted by atomic mass is 10.0. The predicted octanol–water partition coefficient (Wildman–Crippen LogP) is 5.00. The monoisotopic (exact) mass is 368 g/mol. The molecule has 0 radical (unpaired) electrons. The Hall–Kier alpha value is -2.73. The number of hydrogen-bond acceptors (Lipinski definition) is 2. The summed E-state index contributed by atoms with van der Waals surface area (Å²) in [4.78, 5) is 0. The Kier molecular flexibility index (Phi) is 5.63. The molecule has 0 aliphatic heterocycles. The van der Waals surface area contributed by atoms with E-state index in [2.05, 4.69) is 41.7 Å². The molecule has 0 aliphatic carbocycles. The third-order valence-electron chi connectivity index (χ3n) is 3.98. The Bertz CT molecular complexity index is 870. The molecule has 0 saturated heterocycles. The number of thiocarbonyl (C=S) groups is 1. The van der Waals surface area contributed by atoms with Crippen LogP contribution in [-0.2, 0) is 6.54 Å². The number of anilines is 2. The minimum Gasteiger partial charge on any atom is -0.332 e. The van der Waals surface area contributed by atoms with Crippen molar-refractivity contribution >= 4 is 28.7 Å². The molecule has 2 N–H and O–H groups in total. The molecule has 3 rings (SSSR count). The van der Waals surface area contributed by atoms with Crippen molar-refractivity contribution in [2.45, 2.75) is 26.3 Å². The number of aromatic nitrogens is 2. The molecule has 6 heteroatoms. The molecule has 1 aromatic heterocycles. The second kappa shape index (κ2) is 8.10. The fourth-order valence-corrected chi connectivity index (χ4v) is 2.77. The SMILES string of the molecule is CC(C)c1ccc(NC(=S)Nc2cnn(Cc3ccc(F)cc3)c2)cc1. The van der Waals surface area contributed by atoms with Gasteiger partial charge in [-0.2, -0.15) is 5.10 Å². The maximum Gasteiger partial charge on any atom is 0.175 e. The van der Waals surface area contributed by atoms with Crippen molar-refractivity contribution in [2.75, 3.05) is 10.6 Å². The third-order valence-corrected chi connectivity index (χ3v) is 4.19. The molecule has 0 bridgehead atoms. The Morgan fingerprint density at radius 3 is 2.35 bits per heavy atom. The highest BCUT2D eigenvalue weighted by Crippen LogP contribution is 2.17. The summed E-state index contributed by atoms with van der Waals surface area (Å²) in [7, 11) is 0. The highest BCUT2D eigenvalue weighted by molar-refractivity contribution is 7.80. The van der Waals surface area contributed by atoms with Crippen molar-refractivity contribution in [3.8, 4) is 0 Å². The Balaban J connectivity index is 1.56. The lowest BCUT2D eigenvalue weighted by Gasteiger charge is -2.10. The molecule has 0 aliphatic rings. The molecule has 0 amide bonds. The maximum absolute atomic E-state index is 13.0. The summed E-state index contributed by atoms with van der Waals surface area (Å²) in [5.41, 5.74) is 4.00. The van der Waals surface area contributed by atoms with E-state index in [-0.39, 0.29) is 5.82 Å². The van der Waals surface area contributed by atoms with Gasteiger partial charge in [0.1, 0.15) is 5.82 Å². The number of nitrogens with zero attached hydrogens (tertiary/aromatic N) is 2. The molecule has 134 valence electrons. The molecule has 0 unspecified atom stereocenters. The largest absolute Gasteiger partial charge is 0.332 e. The van der Waals surface area contributed by atoms with Crippen LogP contribution in [-0.4, -0.2) is 14.9 Å². The van der Waals surface area contributed by atoms with Gasteiger partial charge < -0.3 is 10.6 Å². The van der Waals surface area contributed by atoms with E-state index in [0.29, 0.717) is 17.6 Å². The lowest BCUT2D eigenvalue weighted by Crippen LogP contribution is -2.18. The van der Waals surface area contributed by atoms with Crippen LogP contribution < -0.4 is 10.6 Å². The van der Waals surface area contributed by atoms with Crippen LogP contribution >= 0.6 is 12.2 Å². The van der Waals surface area contributed by atoms with Crippen molar-refractivity contribution in [1.29, 1.82) is 0 Å². The Labute approximate surface area is 158 Å². The number of nitrogens with one attached hydrogen (secondary N) is 2. The summed E-state index contributed by atoms with van der Waals surface area (Å²) in [6.07, 6.45) is 3.57. The van der Waals surface area contributed by atoms with E-state index < -0.39 is 0 Å². The van der Waals surface area contributed by atoms with E-state index in [1.165, 1.54) is 17.7 Å². The number of hydrogen-bond donors (Lipinski definition) is 2. The minimum atomic E-state index is -0.241. The topological polar surface area (TPSA) is 41.9 Å². The van der Waals surface area contributed by atoms with Crippen LogP contribution in [0.5, 0.6) is 0 Å². The van der Waals surface area contributed by atoms with Crippen LogP contribution in [0.2, 0.25) is 0 Å². The van der Waals surface area contributed by atoms with Crippen LogP contribution in [0.4, 0.5) is 15.8 Å². The van der Waals surface area contributed by atoms with Gasteiger partial charge in [-0.25, -0.2) is 4.39 Å². The van der Waals surface area contributed by atoms with Gasteiger partial charge in [-0.3, -0.25) is 4.68 Å². The third kappa shape index (κ3) is 4.89. The first kappa shape index (κ1) is 18.1. The number of halogens is 1. The number of rotatable bonds is 5. The van der Waals surface area contributed by atoms with Gasteiger partial charge in [-0.05, 0) is 53.5 Å². The van der Waals surface area contributed by atoms with Crippen molar-refractivity contribution in [3.05, 3.63) is 77.9 Å². The van der Waals surface area contributed by atoms with Gasteiger partial charge in [-0.1, -0.05) is 38.1 Å². The zero-order chi connectivity index (χ0) is 18.5. The average molecular weight is 368 g/mol. The van der Waals surface area contributed by atoms with Crippen LogP contribution in [0.15, 0.2) is 60.9 Å². The standard InChI is InChI=1S/C20H21FN4S/c1-14(2)16-5-9-18(10-6-16)23-20(26)24-19-11-22-25(13-19)12-15-3-7-17(21)8-4-15/h3-11,13-14H,12H2,1-2H3,(H2,23,24,26). The van der Waals surface area contributed by atoms with E-state index in [4.69, 9.17) is 12.2 Å². The zero-order valence-electron chi connectivity index (χ0n) is 14.7. The van der Waals surface area contributed by atoms with Crippen LogP contribution in [0.25, 0.3) is 0 Å². The summed E-state index contributed by atoms with van der Waals surface area (Å²) >= 11 is 5.35. The van der Waals surface area contributed by atoms with Crippen LogP contribution in [0.3, 0.4) is 0 Å². The number of benzene rings is 2. The predicted molar refractivity (Wildman–Crippen MR) is 108 cm³/mol. The summed E-state index contributed by atoms with van der Waals surface area (Å²) in [5.74, 6) is 0.260. The van der Waals surface area contributed by atoms with Crippen molar-refractivity contribution in [2.24, 2.45) is 0 Å². The molecule has 0 saturated carbocycles. The summed E-state index contributed by atoms with van der Waals surface area (Å²) in [6.45, 7) is 4.90. The van der Waals surface area contributed by atoms with Gasteiger partial charge in [0.05, 0.1) is 18.4 Å². The average Bonchev–Trinajstić information content (AvgIpc) is 3.04. The first-order chi connectivity index (χ1) is 12.5. The molecular weight excluding hydrogens is 347 g/mol. The fraction of sp³-hybridized carbons (Fsp3) is 0.200. The van der Waals surface area contributed by atoms with Crippen LogP contribution in [0.1, 0.15) is 30.9 Å². The smallest absolute Gasteiger partial charge is 0.175 e. The molecule has 2 aromatic carbocycles. The van der Waals surface area contributed by atoms with Gasteiger partial charge in [0, 0.05) is 11.9 Å². The summed E-state index contributed by atoms with van der Waals surface area (Å²) in [6, 6.07) is 14.6. The molecule has 26 heavy (non-hydrogen) atoms. The normalized spacial score (nSPS) is 10.8. The Morgan fingerprint density at radius 2 is 1.69 bits per heavy atom. The van der Waals surface area contributed by atoms with Gasteiger partial charge in [0.25, 0.3) is 0 Å². The molecular formula is C20H21FN4S. The first-order valence-electron chi connectivity index (χ1n) is 8.44. The zero-order valence-corrected chi connectivity index (χ0v) is 15.6. The van der Waals surface area contributed by atoms with Gasteiger partial charge in [-0.15, -0.1) is 0 Å². The van der Waals surface area contributed by atoms with E-state index in [0.717, 1.165) is 16.9 Å².